The van der Waals surface area contributed by atoms with Crippen molar-refractivity contribution in [1.29, 1.82) is 0 Å². The largest absolute Gasteiger partial charge is 0.356 e. The summed E-state index contributed by atoms with van der Waals surface area (Å²) in [6.07, 6.45) is 3.94. The van der Waals surface area contributed by atoms with Crippen molar-refractivity contribution in [3.8, 4) is 0 Å². The molecule has 2 heterocycles. The van der Waals surface area contributed by atoms with Crippen LogP contribution in [0, 0.1) is 0 Å². The predicted octanol–water partition coefficient (Wildman–Crippen LogP) is 2.10. The lowest BCUT2D eigenvalue weighted by Gasteiger charge is -2.22. The summed E-state index contributed by atoms with van der Waals surface area (Å²) in [5.74, 6) is 1.79. The normalized spacial score (nSPS) is 13.6. The fourth-order valence-corrected chi connectivity index (χ4v) is 3.34. The average molecular weight is 484 g/mol. The second kappa shape index (κ2) is 10.5. The van der Waals surface area contributed by atoms with Crippen LogP contribution in [0.3, 0.4) is 0 Å². The molecular weight excluding hydrogens is 455 g/mol. The van der Waals surface area contributed by atoms with Gasteiger partial charge >= 0.3 is 5.69 Å². The quantitative estimate of drug-likeness (QED) is 0.295. The maximum absolute atomic E-state index is 12.3. The highest BCUT2D eigenvalue weighted by Gasteiger charge is 2.16. The Hall–Kier alpha value is -1.84. The van der Waals surface area contributed by atoms with Crippen molar-refractivity contribution in [3.63, 3.8) is 0 Å². The van der Waals surface area contributed by atoms with Gasteiger partial charge in [0, 0.05) is 46.7 Å². The van der Waals surface area contributed by atoms with E-state index in [1.807, 2.05) is 29.8 Å². The zero-order valence-electron chi connectivity index (χ0n) is 16.1. The van der Waals surface area contributed by atoms with Crippen molar-refractivity contribution >= 4 is 29.9 Å². The molecule has 148 valence electrons. The van der Waals surface area contributed by atoms with Gasteiger partial charge in [0.05, 0.1) is 0 Å². The molecule has 1 aromatic heterocycles. The number of hydrogen-bond donors (Lipinski definition) is 1. The Balaban J connectivity index is 0.00000261. The summed E-state index contributed by atoms with van der Waals surface area (Å²) < 4.78 is 3.43. The van der Waals surface area contributed by atoms with Crippen LogP contribution in [0.4, 0.5) is 0 Å². The van der Waals surface area contributed by atoms with Crippen molar-refractivity contribution in [2.45, 2.75) is 45.3 Å². The molecule has 8 heteroatoms. The van der Waals surface area contributed by atoms with Crippen LogP contribution in [0.1, 0.15) is 30.7 Å². The van der Waals surface area contributed by atoms with Crippen LogP contribution in [0.25, 0.3) is 0 Å². The number of guanidine groups is 1. The van der Waals surface area contributed by atoms with E-state index in [1.165, 1.54) is 5.56 Å². The Morgan fingerprint density at radius 1 is 1.30 bits per heavy atom. The summed E-state index contributed by atoms with van der Waals surface area (Å²) >= 11 is 0. The number of fused-ring (bicyclic) bond motifs is 1. The fourth-order valence-electron chi connectivity index (χ4n) is 3.34. The molecule has 0 saturated heterocycles. The van der Waals surface area contributed by atoms with Gasteiger partial charge in [-0.2, -0.15) is 5.10 Å². The SMILES string of the molecule is CN=C(NCCCn1nc2n(c1=O)CCCC2)N(C)Cc1ccccc1.I. The summed E-state index contributed by atoms with van der Waals surface area (Å²) in [5, 5.41) is 7.84. The van der Waals surface area contributed by atoms with Gasteiger partial charge in [0.25, 0.3) is 0 Å². The van der Waals surface area contributed by atoms with Gasteiger partial charge in [-0.1, -0.05) is 30.3 Å². The second-order valence-electron chi connectivity index (χ2n) is 6.70. The summed E-state index contributed by atoms with van der Waals surface area (Å²) in [5.41, 5.74) is 1.28. The molecule has 27 heavy (non-hydrogen) atoms. The summed E-state index contributed by atoms with van der Waals surface area (Å²) in [6.45, 7) is 2.99. The molecule has 7 nitrogen and oxygen atoms in total. The van der Waals surface area contributed by atoms with E-state index in [0.717, 1.165) is 57.1 Å². The van der Waals surface area contributed by atoms with Crippen LogP contribution in [0.2, 0.25) is 0 Å². The molecule has 0 amide bonds. The van der Waals surface area contributed by atoms with E-state index in [9.17, 15) is 4.79 Å². The van der Waals surface area contributed by atoms with Gasteiger partial charge in [-0.3, -0.25) is 9.56 Å². The van der Waals surface area contributed by atoms with Crippen LogP contribution in [0.15, 0.2) is 40.1 Å². The zero-order chi connectivity index (χ0) is 18.4. The fraction of sp³-hybridized carbons (Fsp3) is 0.526. The third kappa shape index (κ3) is 5.57. The number of hydrogen-bond acceptors (Lipinski definition) is 3. The Bertz CT molecular complexity index is 798. The number of rotatable bonds is 6. The second-order valence-corrected chi connectivity index (χ2v) is 6.70. The van der Waals surface area contributed by atoms with Gasteiger partial charge in [-0.05, 0) is 24.8 Å². The van der Waals surface area contributed by atoms with Crippen LogP contribution in [-0.4, -0.2) is 45.8 Å². The molecule has 3 rings (SSSR count). The number of nitrogens with one attached hydrogen (secondary N) is 1. The molecule has 0 fully saturated rings. The summed E-state index contributed by atoms with van der Waals surface area (Å²) in [7, 11) is 3.81. The molecule has 1 aromatic carbocycles. The molecule has 1 aliphatic rings. The van der Waals surface area contributed by atoms with E-state index in [4.69, 9.17) is 0 Å². The first-order valence-corrected chi connectivity index (χ1v) is 9.31. The Labute approximate surface area is 177 Å². The topological polar surface area (TPSA) is 67.5 Å². The van der Waals surface area contributed by atoms with E-state index in [2.05, 4.69) is 32.4 Å². The van der Waals surface area contributed by atoms with Crippen LogP contribution < -0.4 is 11.0 Å². The lowest BCUT2D eigenvalue weighted by molar-refractivity contribution is 0.469. The molecule has 0 saturated carbocycles. The van der Waals surface area contributed by atoms with Gasteiger partial charge in [-0.15, -0.1) is 24.0 Å². The van der Waals surface area contributed by atoms with Crippen molar-refractivity contribution in [3.05, 3.63) is 52.2 Å². The standard InChI is InChI=1S/C19H28N6O.HI/c1-20-18(23(2)15-16-9-4-3-5-10-16)21-12-8-14-25-19(26)24-13-7-6-11-17(24)22-25;/h3-5,9-10H,6-8,11-15H2,1-2H3,(H,20,21);1H. The number of aromatic nitrogens is 3. The molecule has 1 N–H and O–H groups in total. The maximum atomic E-state index is 12.3. The van der Waals surface area contributed by atoms with Crippen molar-refractivity contribution in [2.75, 3.05) is 20.6 Å². The third-order valence-corrected chi connectivity index (χ3v) is 4.70. The first-order valence-electron chi connectivity index (χ1n) is 9.31. The molecule has 0 spiro atoms. The number of halogens is 1. The van der Waals surface area contributed by atoms with Crippen molar-refractivity contribution in [2.24, 2.45) is 4.99 Å². The van der Waals surface area contributed by atoms with Crippen molar-refractivity contribution in [1.82, 2.24) is 24.6 Å². The zero-order valence-corrected chi connectivity index (χ0v) is 18.4. The molecule has 0 aliphatic carbocycles. The highest BCUT2D eigenvalue weighted by Crippen LogP contribution is 2.09. The van der Waals surface area contributed by atoms with E-state index < -0.39 is 0 Å². The first-order chi connectivity index (χ1) is 12.7. The van der Waals surface area contributed by atoms with Crippen LogP contribution in [0.5, 0.6) is 0 Å². The van der Waals surface area contributed by atoms with Gasteiger partial charge in [0.2, 0.25) is 0 Å². The number of aliphatic imine (C=N–C) groups is 1. The highest BCUT2D eigenvalue weighted by molar-refractivity contribution is 14.0. The minimum absolute atomic E-state index is 0. The smallest absolute Gasteiger partial charge is 0.345 e. The highest BCUT2D eigenvalue weighted by atomic mass is 127. The van der Waals surface area contributed by atoms with Gasteiger partial charge < -0.3 is 10.2 Å². The monoisotopic (exact) mass is 484 g/mol. The summed E-state index contributed by atoms with van der Waals surface area (Å²) in [6, 6.07) is 10.3. The Kier molecular flexibility index (Phi) is 8.33. The van der Waals surface area contributed by atoms with E-state index in [0.29, 0.717) is 6.54 Å². The average Bonchev–Trinajstić information content (AvgIpc) is 2.99. The van der Waals surface area contributed by atoms with Gasteiger partial charge in [0.1, 0.15) is 5.82 Å². The lowest BCUT2D eigenvalue weighted by Crippen LogP contribution is -2.39. The molecule has 2 aromatic rings. The molecule has 0 radical (unpaired) electrons. The van der Waals surface area contributed by atoms with Crippen molar-refractivity contribution < 1.29 is 0 Å². The van der Waals surface area contributed by atoms with Gasteiger partial charge in [-0.25, -0.2) is 9.48 Å². The number of benzene rings is 1. The maximum Gasteiger partial charge on any atom is 0.345 e. The third-order valence-electron chi connectivity index (χ3n) is 4.70. The number of aryl methyl sites for hydroxylation is 2. The van der Waals surface area contributed by atoms with E-state index in [-0.39, 0.29) is 29.7 Å². The minimum Gasteiger partial charge on any atom is -0.356 e. The molecular formula is C19H29IN6O. The van der Waals surface area contributed by atoms with Crippen LogP contribution >= 0.6 is 24.0 Å². The molecule has 1 aliphatic heterocycles. The minimum atomic E-state index is 0. The van der Waals surface area contributed by atoms with Gasteiger partial charge in [0.15, 0.2) is 5.96 Å². The Morgan fingerprint density at radius 2 is 2.07 bits per heavy atom. The molecule has 0 bridgehead atoms. The molecule has 0 unspecified atom stereocenters. The number of nitrogens with zero attached hydrogens (tertiary/aromatic N) is 5. The lowest BCUT2D eigenvalue weighted by atomic mass is 10.2. The first kappa shape index (κ1) is 21.5. The van der Waals surface area contributed by atoms with E-state index >= 15 is 0 Å². The van der Waals surface area contributed by atoms with Crippen LogP contribution in [-0.2, 0) is 26.1 Å². The van der Waals surface area contributed by atoms with E-state index in [1.54, 1.807) is 11.7 Å². The predicted molar refractivity (Wildman–Crippen MR) is 119 cm³/mol. The summed E-state index contributed by atoms with van der Waals surface area (Å²) in [4.78, 5) is 18.8. The Morgan fingerprint density at radius 3 is 2.78 bits per heavy atom. The molecule has 0 atom stereocenters.